The third-order valence-electron chi connectivity index (χ3n) is 3.13. The highest BCUT2D eigenvalue weighted by atomic mass is 79.9. The zero-order valence-electron chi connectivity index (χ0n) is 9.39. The van der Waals surface area contributed by atoms with Crippen molar-refractivity contribution in [2.24, 2.45) is 0 Å². The maximum atomic E-state index is 12.1. The van der Waals surface area contributed by atoms with E-state index >= 15 is 0 Å². The van der Waals surface area contributed by atoms with Crippen molar-refractivity contribution in [3.63, 3.8) is 0 Å². The van der Waals surface area contributed by atoms with Crippen LogP contribution in [0.4, 0.5) is 5.69 Å². The number of carbonyl (C=O) groups excluding carboxylic acids is 1. The number of aryl methyl sites for hydroxylation is 1. The molecule has 0 N–H and O–H groups in total. The summed E-state index contributed by atoms with van der Waals surface area (Å²) in [5.41, 5.74) is 2.89. The average Bonchev–Trinajstić information content (AvgIpc) is 2.34. The number of amides is 1. The molecule has 15 heavy (non-hydrogen) atoms. The SMILES string of the molecule is Cc1ccc(Br)c2c1N(C)C(=O)C2(C)C. The summed E-state index contributed by atoms with van der Waals surface area (Å²) in [6, 6.07) is 4.05. The molecule has 0 radical (unpaired) electrons. The first-order valence-corrected chi connectivity index (χ1v) is 5.74. The minimum absolute atomic E-state index is 0.160. The van der Waals surface area contributed by atoms with Crippen LogP contribution in [0.2, 0.25) is 0 Å². The molecule has 0 fully saturated rings. The summed E-state index contributed by atoms with van der Waals surface area (Å²) < 4.78 is 1.02. The molecule has 0 bridgehead atoms. The molecule has 80 valence electrons. The van der Waals surface area contributed by atoms with Gasteiger partial charge in [-0.25, -0.2) is 0 Å². The number of rotatable bonds is 0. The van der Waals surface area contributed by atoms with E-state index in [-0.39, 0.29) is 5.91 Å². The fraction of sp³-hybridized carbons (Fsp3) is 0.417. The summed E-state index contributed by atoms with van der Waals surface area (Å²) in [5, 5.41) is 0. The zero-order valence-corrected chi connectivity index (χ0v) is 11.0. The van der Waals surface area contributed by atoms with Crippen LogP contribution in [0.3, 0.4) is 0 Å². The quantitative estimate of drug-likeness (QED) is 0.708. The summed E-state index contributed by atoms with van der Waals surface area (Å²) in [5.74, 6) is 0.160. The van der Waals surface area contributed by atoms with Gasteiger partial charge in [-0.1, -0.05) is 22.0 Å². The van der Waals surface area contributed by atoms with Crippen LogP contribution in [0.15, 0.2) is 16.6 Å². The molecule has 0 saturated carbocycles. The van der Waals surface area contributed by atoms with Gasteiger partial charge in [0.2, 0.25) is 5.91 Å². The second kappa shape index (κ2) is 3.08. The molecule has 2 nitrogen and oxygen atoms in total. The Morgan fingerprint density at radius 1 is 1.33 bits per heavy atom. The molecule has 0 aliphatic carbocycles. The van der Waals surface area contributed by atoms with E-state index < -0.39 is 5.41 Å². The van der Waals surface area contributed by atoms with Gasteiger partial charge in [-0.3, -0.25) is 4.79 Å². The minimum atomic E-state index is -0.422. The lowest BCUT2D eigenvalue weighted by molar-refractivity contribution is -0.121. The van der Waals surface area contributed by atoms with Crippen molar-refractivity contribution < 1.29 is 4.79 Å². The Bertz CT molecular complexity index is 451. The molecule has 0 unspecified atom stereocenters. The first-order chi connectivity index (χ1) is 6.87. The monoisotopic (exact) mass is 267 g/mol. The van der Waals surface area contributed by atoms with Crippen molar-refractivity contribution in [1.29, 1.82) is 0 Å². The number of nitrogens with zero attached hydrogens (tertiary/aromatic N) is 1. The van der Waals surface area contributed by atoms with E-state index in [4.69, 9.17) is 0 Å². The number of likely N-dealkylation sites (N-methyl/N-ethyl adjacent to an activating group) is 1. The number of anilines is 1. The van der Waals surface area contributed by atoms with Crippen LogP contribution in [0.25, 0.3) is 0 Å². The Morgan fingerprint density at radius 3 is 2.47 bits per heavy atom. The summed E-state index contributed by atoms with van der Waals surface area (Å²) in [6.07, 6.45) is 0. The van der Waals surface area contributed by atoms with Crippen molar-refractivity contribution >= 4 is 27.5 Å². The summed E-state index contributed by atoms with van der Waals surface area (Å²) in [6.45, 7) is 5.99. The van der Waals surface area contributed by atoms with Crippen molar-refractivity contribution in [3.05, 3.63) is 27.7 Å². The molecular weight excluding hydrogens is 254 g/mol. The Hall–Kier alpha value is -0.830. The highest BCUT2D eigenvalue weighted by Crippen LogP contribution is 2.46. The van der Waals surface area contributed by atoms with Gasteiger partial charge < -0.3 is 4.90 Å². The van der Waals surface area contributed by atoms with Crippen molar-refractivity contribution in [1.82, 2.24) is 0 Å². The highest BCUT2D eigenvalue weighted by Gasteiger charge is 2.44. The van der Waals surface area contributed by atoms with Crippen LogP contribution in [-0.2, 0) is 10.2 Å². The third-order valence-corrected chi connectivity index (χ3v) is 3.79. The molecule has 0 atom stereocenters. The molecule has 1 amide bonds. The van der Waals surface area contributed by atoms with Gasteiger partial charge >= 0.3 is 0 Å². The Kier molecular flexibility index (Phi) is 2.19. The van der Waals surface area contributed by atoms with Crippen molar-refractivity contribution in [3.8, 4) is 0 Å². The maximum absolute atomic E-state index is 12.1. The molecule has 1 aliphatic rings. The number of hydrogen-bond acceptors (Lipinski definition) is 1. The van der Waals surface area contributed by atoms with Crippen LogP contribution in [0.1, 0.15) is 25.0 Å². The summed E-state index contributed by atoms with van der Waals surface area (Å²) in [4.78, 5) is 13.9. The van der Waals surface area contributed by atoms with Gasteiger partial charge in [-0.15, -0.1) is 0 Å². The van der Waals surface area contributed by atoms with Crippen LogP contribution < -0.4 is 4.90 Å². The number of benzene rings is 1. The fourth-order valence-electron chi connectivity index (χ4n) is 2.33. The smallest absolute Gasteiger partial charge is 0.236 e. The molecule has 0 aromatic heterocycles. The van der Waals surface area contributed by atoms with E-state index in [1.54, 1.807) is 4.90 Å². The number of halogens is 1. The summed E-state index contributed by atoms with van der Waals surface area (Å²) >= 11 is 3.53. The maximum Gasteiger partial charge on any atom is 0.236 e. The zero-order chi connectivity index (χ0) is 11.4. The van der Waals surface area contributed by atoms with E-state index in [2.05, 4.69) is 15.9 Å². The van der Waals surface area contributed by atoms with Crippen LogP contribution in [0, 0.1) is 6.92 Å². The average molecular weight is 268 g/mol. The largest absolute Gasteiger partial charge is 0.314 e. The predicted molar refractivity (Wildman–Crippen MR) is 65.3 cm³/mol. The Morgan fingerprint density at radius 2 is 1.93 bits per heavy atom. The van der Waals surface area contributed by atoms with Crippen LogP contribution in [0.5, 0.6) is 0 Å². The van der Waals surface area contributed by atoms with Crippen molar-refractivity contribution in [2.75, 3.05) is 11.9 Å². The lowest BCUT2D eigenvalue weighted by Crippen LogP contribution is -2.33. The normalized spacial score (nSPS) is 18.2. The minimum Gasteiger partial charge on any atom is -0.314 e. The number of fused-ring (bicyclic) bond motifs is 1. The third kappa shape index (κ3) is 1.26. The number of hydrogen-bond donors (Lipinski definition) is 0. The molecule has 0 saturated heterocycles. The van der Waals surface area contributed by atoms with Gasteiger partial charge in [-0.05, 0) is 32.4 Å². The fourth-order valence-corrected chi connectivity index (χ4v) is 3.14. The number of carbonyl (C=O) groups is 1. The van der Waals surface area contributed by atoms with Gasteiger partial charge in [0.25, 0.3) is 0 Å². The molecular formula is C12H14BrNO. The van der Waals surface area contributed by atoms with E-state index in [0.717, 1.165) is 21.3 Å². The first-order valence-electron chi connectivity index (χ1n) is 4.95. The molecule has 1 aromatic carbocycles. The highest BCUT2D eigenvalue weighted by molar-refractivity contribution is 9.10. The Balaban J connectivity index is 2.82. The van der Waals surface area contributed by atoms with E-state index in [0.29, 0.717) is 0 Å². The second-order valence-electron chi connectivity index (χ2n) is 4.58. The van der Waals surface area contributed by atoms with Gasteiger partial charge in [0.05, 0.1) is 11.1 Å². The molecule has 1 aliphatic heterocycles. The predicted octanol–water partition coefficient (Wildman–Crippen LogP) is 3.01. The lowest BCUT2D eigenvalue weighted by atomic mass is 9.85. The molecule has 2 rings (SSSR count). The molecule has 1 heterocycles. The molecule has 3 heteroatoms. The van der Waals surface area contributed by atoms with E-state index in [9.17, 15) is 4.79 Å². The summed E-state index contributed by atoms with van der Waals surface area (Å²) in [7, 11) is 1.84. The van der Waals surface area contributed by atoms with Crippen LogP contribution >= 0.6 is 15.9 Å². The van der Waals surface area contributed by atoms with E-state index in [1.165, 1.54) is 0 Å². The van der Waals surface area contributed by atoms with E-state index in [1.807, 2.05) is 40.0 Å². The first kappa shape index (κ1) is 10.7. The van der Waals surface area contributed by atoms with Crippen LogP contribution in [-0.4, -0.2) is 13.0 Å². The van der Waals surface area contributed by atoms with Gasteiger partial charge in [-0.2, -0.15) is 0 Å². The second-order valence-corrected chi connectivity index (χ2v) is 5.43. The standard InChI is InChI=1S/C12H14BrNO/c1-7-5-6-8(13)9-10(7)14(4)11(15)12(9,2)3/h5-6H,1-4H3. The lowest BCUT2D eigenvalue weighted by Gasteiger charge is -2.17. The van der Waals surface area contributed by atoms with Crippen molar-refractivity contribution in [2.45, 2.75) is 26.2 Å². The Labute approximate surface area is 98.4 Å². The van der Waals surface area contributed by atoms with Gasteiger partial charge in [0, 0.05) is 17.1 Å². The van der Waals surface area contributed by atoms with Gasteiger partial charge in [0.1, 0.15) is 0 Å². The van der Waals surface area contributed by atoms with Gasteiger partial charge in [0.15, 0.2) is 0 Å². The molecule has 0 spiro atoms. The molecule has 1 aromatic rings. The topological polar surface area (TPSA) is 20.3 Å².